The fraction of sp³-hybridized carbons (Fsp3) is 0.636. The summed E-state index contributed by atoms with van der Waals surface area (Å²) in [5.41, 5.74) is 5.78. The lowest BCUT2D eigenvalue weighted by atomic mass is 10.4. The van der Waals surface area contributed by atoms with Crippen LogP contribution in [0.3, 0.4) is 0 Å². The van der Waals surface area contributed by atoms with E-state index in [-0.39, 0.29) is 24.0 Å². The van der Waals surface area contributed by atoms with Crippen molar-refractivity contribution in [1.29, 1.82) is 0 Å². The van der Waals surface area contributed by atoms with Gasteiger partial charge in [0.25, 0.3) is 5.91 Å². The van der Waals surface area contributed by atoms with Crippen molar-refractivity contribution >= 4 is 38.0 Å². The first-order chi connectivity index (χ1) is 9.87. The van der Waals surface area contributed by atoms with E-state index in [2.05, 4.69) is 20.5 Å². The van der Waals surface area contributed by atoms with Gasteiger partial charge in [-0.1, -0.05) is 11.3 Å². The van der Waals surface area contributed by atoms with Gasteiger partial charge in [0.2, 0.25) is 0 Å². The van der Waals surface area contributed by atoms with Gasteiger partial charge in [-0.15, -0.1) is 0 Å². The Labute approximate surface area is 127 Å². The Morgan fingerprint density at radius 2 is 2.14 bits per heavy atom. The Kier molecular flexibility index (Phi) is 5.01. The highest BCUT2D eigenvalue weighted by atomic mass is 32.2. The first kappa shape index (κ1) is 16.0. The fourth-order valence-electron chi connectivity index (χ4n) is 1.90. The van der Waals surface area contributed by atoms with E-state index in [0.717, 1.165) is 37.6 Å². The SMILES string of the molecule is CS(=O)(=O)CCNC(=O)c1sc(N2CCNCC2)nc1N. The van der Waals surface area contributed by atoms with Crippen LogP contribution in [0.1, 0.15) is 9.67 Å². The third-order valence-corrected chi connectivity index (χ3v) is 5.07. The molecule has 1 fully saturated rings. The zero-order valence-electron chi connectivity index (χ0n) is 11.8. The summed E-state index contributed by atoms with van der Waals surface area (Å²) >= 11 is 1.23. The molecule has 4 N–H and O–H groups in total. The van der Waals surface area contributed by atoms with E-state index in [0.29, 0.717) is 4.88 Å². The predicted molar refractivity (Wildman–Crippen MR) is 83.7 cm³/mol. The molecule has 2 rings (SSSR count). The number of nitrogens with two attached hydrogens (primary N) is 1. The number of amides is 1. The van der Waals surface area contributed by atoms with E-state index in [9.17, 15) is 13.2 Å². The lowest BCUT2D eigenvalue weighted by molar-refractivity contribution is 0.0961. The van der Waals surface area contributed by atoms with E-state index in [1.165, 1.54) is 11.3 Å². The molecule has 0 unspecified atom stereocenters. The summed E-state index contributed by atoms with van der Waals surface area (Å²) in [7, 11) is -3.10. The van der Waals surface area contributed by atoms with Crippen molar-refractivity contribution in [3.8, 4) is 0 Å². The number of piperazine rings is 1. The van der Waals surface area contributed by atoms with Crippen LogP contribution in [0, 0.1) is 0 Å². The van der Waals surface area contributed by atoms with Crippen molar-refractivity contribution < 1.29 is 13.2 Å². The summed E-state index contributed by atoms with van der Waals surface area (Å²) in [4.78, 5) is 18.6. The molecule has 1 saturated heterocycles. The van der Waals surface area contributed by atoms with Gasteiger partial charge in [-0.05, 0) is 0 Å². The minimum Gasteiger partial charge on any atom is -0.382 e. The summed E-state index contributed by atoms with van der Waals surface area (Å²) in [6.45, 7) is 3.45. The monoisotopic (exact) mass is 333 g/mol. The number of carbonyl (C=O) groups is 1. The third kappa shape index (κ3) is 4.55. The van der Waals surface area contributed by atoms with Gasteiger partial charge in [0.1, 0.15) is 20.5 Å². The molecule has 118 valence electrons. The lowest BCUT2D eigenvalue weighted by Crippen LogP contribution is -2.43. The molecular formula is C11H19N5O3S2. The van der Waals surface area contributed by atoms with Crippen LogP contribution < -0.4 is 21.3 Å². The van der Waals surface area contributed by atoms with Crippen LogP contribution >= 0.6 is 11.3 Å². The largest absolute Gasteiger partial charge is 0.382 e. The van der Waals surface area contributed by atoms with Crippen LogP contribution in [0.25, 0.3) is 0 Å². The molecule has 1 aliphatic rings. The minimum absolute atomic E-state index is 0.0674. The van der Waals surface area contributed by atoms with Gasteiger partial charge in [0.05, 0.1) is 5.75 Å². The maximum atomic E-state index is 12.0. The average molecular weight is 333 g/mol. The van der Waals surface area contributed by atoms with Gasteiger partial charge in [-0.2, -0.15) is 0 Å². The fourth-order valence-corrected chi connectivity index (χ4v) is 3.33. The summed E-state index contributed by atoms with van der Waals surface area (Å²) in [5, 5.41) is 6.52. The highest BCUT2D eigenvalue weighted by Gasteiger charge is 2.20. The second kappa shape index (κ2) is 6.58. The highest BCUT2D eigenvalue weighted by molar-refractivity contribution is 7.90. The highest BCUT2D eigenvalue weighted by Crippen LogP contribution is 2.28. The molecule has 0 aromatic carbocycles. The second-order valence-corrected chi connectivity index (χ2v) is 8.07. The standard InChI is InChI=1S/C11H19N5O3S2/c1-21(18,19)7-4-14-10(17)8-9(12)15-11(20-8)16-5-2-13-3-6-16/h13H,2-7,12H2,1H3,(H,14,17). The molecule has 0 saturated carbocycles. The Balaban J connectivity index is 1.99. The molecule has 0 radical (unpaired) electrons. The van der Waals surface area contributed by atoms with Crippen LogP contribution in [0.15, 0.2) is 0 Å². The molecule has 0 atom stereocenters. The number of hydrogen-bond donors (Lipinski definition) is 3. The normalized spacial score (nSPS) is 16.0. The molecule has 1 aromatic heterocycles. The van der Waals surface area contributed by atoms with Gasteiger partial charge in [-0.25, -0.2) is 13.4 Å². The van der Waals surface area contributed by atoms with Gasteiger partial charge < -0.3 is 21.3 Å². The number of carbonyl (C=O) groups excluding carboxylic acids is 1. The van der Waals surface area contributed by atoms with E-state index in [1.807, 2.05) is 0 Å². The van der Waals surface area contributed by atoms with Crippen LogP contribution in [-0.4, -0.2) is 64.0 Å². The molecule has 10 heteroatoms. The summed E-state index contributed by atoms with van der Waals surface area (Å²) < 4.78 is 22.1. The predicted octanol–water partition coefficient (Wildman–Crippen LogP) is -1.09. The Hall–Kier alpha value is -1.39. The van der Waals surface area contributed by atoms with Crippen LogP contribution in [0.2, 0.25) is 0 Å². The van der Waals surface area contributed by atoms with E-state index in [1.54, 1.807) is 0 Å². The summed E-state index contributed by atoms with van der Waals surface area (Å²) in [6.07, 6.45) is 1.13. The number of nitrogens with zero attached hydrogens (tertiary/aromatic N) is 2. The van der Waals surface area contributed by atoms with E-state index >= 15 is 0 Å². The number of rotatable bonds is 5. The number of nitrogens with one attached hydrogen (secondary N) is 2. The Morgan fingerprint density at radius 1 is 1.48 bits per heavy atom. The molecule has 2 heterocycles. The van der Waals surface area contributed by atoms with E-state index < -0.39 is 9.84 Å². The zero-order chi connectivity index (χ0) is 15.5. The topological polar surface area (TPSA) is 117 Å². The number of anilines is 2. The molecule has 0 spiro atoms. The molecule has 21 heavy (non-hydrogen) atoms. The maximum absolute atomic E-state index is 12.0. The Morgan fingerprint density at radius 3 is 2.76 bits per heavy atom. The molecular weight excluding hydrogens is 314 g/mol. The van der Waals surface area contributed by atoms with Gasteiger partial charge in [0.15, 0.2) is 5.13 Å². The molecule has 1 amide bonds. The first-order valence-corrected chi connectivity index (χ1v) is 9.42. The molecule has 0 aliphatic carbocycles. The lowest BCUT2D eigenvalue weighted by Gasteiger charge is -2.26. The van der Waals surface area contributed by atoms with Crippen molar-refractivity contribution in [3.05, 3.63) is 4.88 Å². The number of hydrogen-bond acceptors (Lipinski definition) is 8. The van der Waals surface area contributed by atoms with Crippen molar-refractivity contribution in [2.24, 2.45) is 0 Å². The quantitative estimate of drug-likeness (QED) is 0.626. The van der Waals surface area contributed by atoms with Crippen molar-refractivity contribution in [2.45, 2.75) is 0 Å². The number of nitrogen functional groups attached to an aromatic ring is 1. The zero-order valence-corrected chi connectivity index (χ0v) is 13.4. The van der Waals surface area contributed by atoms with Gasteiger partial charge >= 0.3 is 0 Å². The number of thiazole rings is 1. The second-order valence-electron chi connectivity index (χ2n) is 4.83. The van der Waals surface area contributed by atoms with Crippen LogP contribution in [0.4, 0.5) is 10.9 Å². The first-order valence-electron chi connectivity index (χ1n) is 6.55. The Bertz CT molecular complexity index is 607. The molecule has 1 aromatic rings. The van der Waals surface area contributed by atoms with E-state index in [4.69, 9.17) is 5.73 Å². The van der Waals surface area contributed by atoms with Crippen molar-refractivity contribution in [2.75, 3.05) is 55.4 Å². The smallest absolute Gasteiger partial charge is 0.265 e. The van der Waals surface area contributed by atoms with Gasteiger partial charge in [0, 0.05) is 39.0 Å². The molecule has 0 bridgehead atoms. The van der Waals surface area contributed by atoms with Crippen LogP contribution in [0.5, 0.6) is 0 Å². The summed E-state index contributed by atoms with van der Waals surface area (Å²) in [6, 6.07) is 0. The van der Waals surface area contributed by atoms with Crippen molar-refractivity contribution in [3.63, 3.8) is 0 Å². The van der Waals surface area contributed by atoms with Crippen LogP contribution in [-0.2, 0) is 9.84 Å². The minimum atomic E-state index is -3.10. The molecule has 8 nitrogen and oxygen atoms in total. The number of aromatic nitrogens is 1. The number of sulfone groups is 1. The maximum Gasteiger partial charge on any atom is 0.265 e. The third-order valence-electron chi connectivity index (χ3n) is 2.99. The average Bonchev–Trinajstić information content (AvgIpc) is 2.80. The summed E-state index contributed by atoms with van der Waals surface area (Å²) in [5.74, 6) is -0.289. The molecule has 1 aliphatic heterocycles. The van der Waals surface area contributed by atoms with Gasteiger partial charge in [-0.3, -0.25) is 4.79 Å². The van der Waals surface area contributed by atoms with Crippen molar-refractivity contribution in [1.82, 2.24) is 15.6 Å².